The molecule has 0 aliphatic carbocycles. The summed E-state index contributed by atoms with van der Waals surface area (Å²) in [5.74, 6) is -0.197. The highest BCUT2D eigenvalue weighted by Gasteiger charge is 2.13. The number of unbranched alkanes of at least 4 members (excludes halogenated alkanes) is 25. The van der Waals surface area contributed by atoms with Crippen LogP contribution in [0.1, 0.15) is 194 Å². The lowest BCUT2D eigenvalue weighted by molar-refractivity contribution is -0.154. The van der Waals surface area contributed by atoms with Gasteiger partial charge in [0.2, 0.25) is 0 Å². The summed E-state index contributed by atoms with van der Waals surface area (Å²) in [4.78, 5) is 12.1. The van der Waals surface area contributed by atoms with Crippen LogP contribution in [0.3, 0.4) is 0 Å². The summed E-state index contributed by atoms with van der Waals surface area (Å²) in [7, 11) is 0. The van der Waals surface area contributed by atoms with Gasteiger partial charge in [0.15, 0.2) is 0 Å². The molecule has 1 atom stereocenters. The lowest BCUT2D eigenvalue weighted by Gasteiger charge is -2.16. The van der Waals surface area contributed by atoms with Crippen LogP contribution in [0.15, 0.2) is 0 Å². The molecule has 0 radical (unpaired) electrons. The van der Waals surface area contributed by atoms with Crippen molar-refractivity contribution in [2.45, 2.75) is 200 Å². The molecule has 39 heavy (non-hydrogen) atoms. The Balaban J connectivity index is 3.39. The maximum Gasteiger partial charge on any atom is 0.306 e. The zero-order chi connectivity index (χ0) is 28.5. The van der Waals surface area contributed by atoms with Gasteiger partial charge < -0.3 is 14.6 Å². The smallest absolute Gasteiger partial charge is 0.306 e. The van der Waals surface area contributed by atoms with E-state index in [-0.39, 0.29) is 12.6 Å². The van der Waals surface area contributed by atoms with Crippen LogP contribution in [0.4, 0.5) is 0 Å². The van der Waals surface area contributed by atoms with E-state index >= 15 is 0 Å². The van der Waals surface area contributed by atoms with Gasteiger partial charge in [0.1, 0.15) is 6.10 Å². The van der Waals surface area contributed by atoms with E-state index < -0.39 is 6.10 Å². The molecule has 0 aromatic carbocycles. The molecule has 1 N–H and O–H groups in total. The number of aliphatic hydroxyl groups excluding tert-OH is 1. The number of hydrogen-bond acceptors (Lipinski definition) is 4. The van der Waals surface area contributed by atoms with Crippen molar-refractivity contribution in [1.29, 1.82) is 0 Å². The van der Waals surface area contributed by atoms with Gasteiger partial charge in [-0.25, -0.2) is 0 Å². The molecule has 0 aromatic rings. The van der Waals surface area contributed by atoms with Gasteiger partial charge in [-0.15, -0.1) is 0 Å². The Kier molecular flexibility index (Phi) is 33.1. The van der Waals surface area contributed by atoms with Crippen LogP contribution in [-0.2, 0) is 14.3 Å². The second-order valence-electron chi connectivity index (χ2n) is 12.0. The van der Waals surface area contributed by atoms with Crippen molar-refractivity contribution in [1.82, 2.24) is 0 Å². The van der Waals surface area contributed by atoms with Crippen LogP contribution in [0, 0.1) is 0 Å². The summed E-state index contributed by atoms with van der Waals surface area (Å²) >= 11 is 0. The van der Waals surface area contributed by atoms with E-state index in [1.165, 1.54) is 154 Å². The van der Waals surface area contributed by atoms with E-state index in [0.29, 0.717) is 19.6 Å². The summed E-state index contributed by atoms with van der Waals surface area (Å²) in [6.07, 6.45) is 35.6. The Labute approximate surface area is 244 Å². The first kappa shape index (κ1) is 38.4. The normalized spacial score (nSPS) is 12.2. The first-order valence-corrected chi connectivity index (χ1v) is 17.6. The van der Waals surface area contributed by atoms with Gasteiger partial charge in [0, 0.05) is 13.0 Å². The van der Waals surface area contributed by atoms with E-state index in [4.69, 9.17) is 9.47 Å². The molecule has 1 unspecified atom stereocenters. The minimum Gasteiger partial charge on any atom is -0.457 e. The number of aliphatic hydroxyl groups is 1. The van der Waals surface area contributed by atoms with Gasteiger partial charge in [0.05, 0.1) is 13.2 Å². The third-order valence-electron chi connectivity index (χ3n) is 7.93. The molecule has 0 fully saturated rings. The molecule has 0 heterocycles. The number of ether oxygens (including phenoxy) is 2. The van der Waals surface area contributed by atoms with Crippen LogP contribution in [0.25, 0.3) is 0 Å². The molecule has 0 saturated heterocycles. The van der Waals surface area contributed by atoms with Crippen molar-refractivity contribution in [2.75, 3.05) is 19.8 Å². The molecule has 0 aromatic heterocycles. The predicted molar refractivity (Wildman–Crippen MR) is 168 cm³/mol. The highest BCUT2D eigenvalue weighted by atomic mass is 16.6. The number of hydrogen-bond donors (Lipinski definition) is 1. The molecule has 0 rings (SSSR count). The van der Waals surface area contributed by atoms with Crippen molar-refractivity contribution in [3.8, 4) is 0 Å². The van der Waals surface area contributed by atoms with E-state index in [2.05, 4.69) is 13.8 Å². The van der Waals surface area contributed by atoms with Gasteiger partial charge in [-0.1, -0.05) is 174 Å². The summed E-state index contributed by atoms with van der Waals surface area (Å²) in [5, 5.41) is 9.53. The fourth-order valence-electron chi connectivity index (χ4n) is 5.27. The van der Waals surface area contributed by atoms with Crippen LogP contribution in [-0.4, -0.2) is 37.0 Å². The Morgan fingerprint density at radius 1 is 0.513 bits per heavy atom. The SMILES string of the molecule is CCCCCCCCCCCCCCCCC(=O)OC(CO)COCCCCCCCCCCCCCCC. The molecule has 0 saturated carbocycles. The molecule has 234 valence electrons. The molecule has 0 amide bonds. The molecule has 4 heteroatoms. The summed E-state index contributed by atoms with van der Waals surface area (Å²) in [6.45, 7) is 5.38. The van der Waals surface area contributed by atoms with Crippen molar-refractivity contribution in [3.63, 3.8) is 0 Å². The van der Waals surface area contributed by atoms with Crippen LogP contribution < -0.4 is 0 Å². The van der Waals surface area contributed by atoms with E-state index in [1.807, 2.05) is 0 Å². The van der Waals surface area contributed by atoms with E-state index in [0.717, 1.165) is 19.3 Å². The molecule has 0 aliphatic heterocycles. The van der Waals surface area contributed by atoms with Crippen LogP contribution in [0.2, 0.25) is 0 Å². The molecular formula is C35H70O4. The molecular weight excluding hydrogens is 484 g/mol. The summed E-state index contributed by atoms with van der Waals surface area (Å²) < 4.78 is 11.1. The van der Waals surface area contributed by atoms with Gasteiger partial charge in [-0.2, -0.15) is 0 Å². The monoisotopic (exact) mass is 555 g/mol. The second-order valence-corrected chi connectivity index (χ2v) is 12.0. The van der Waals surface area contributed by atoms with Crippen molar-refractivity contribution in [3.05, 3.63) is 0 Å². The highest BCUT2D eigenvalue weighted by molar-refractivity contribution is 5.69. The maximum atomic E-state index is 12.1. The average molecular weight is 555 g/mol. The third kappa shape index (κ3) is 31.8. The Bertz CT molecular complexity index is 468. The topological polar surface area (TPSA) is 55.8 Å². The van der Waals surface area contributed by atoms with E-state index in [9.17, 15) is 9.90 Å². The number of esters is 1. The molecule has 0 bridgehead atoms. The summed E-state index contributed by atoms with van der Waals surface area (Å²) in [5.41, 5.74) is 0. The van der Waals surface area contributed by atoms with Crippen molar-refractivity contribution in [2.24, 2.45) is 0 Å². The Morgan fingerprint density at radius 3 is 1.21 bits per heavy atom. The first-order chi connectivity index (χ1) is 19.2. The standard InChI is InChI=1S/C35H70O4/c1-3-5-7-9-11-13-15-17-18-20-22-24-26-28-30-35(37)39-34(32-36)33-38-31-29-27-25-23-21-19-16-14-12-10-8-6-4-2/h34,36H,3-33H2,1-2H3. The Hall–Kier alpha value is -0.610. The minimum absolute atomic E-state index is 0.164. The zero-order valence-electron chi connectivity index (χ0n) is 26.7. The second kappa shape index (κ2) is 33.6. The van der Waals surface area contributed by atoms with E-state index in [1.54, 1.807) is 0 Å². The first-order valence-electron chi connectivity index (χ1n) is 17.6. The number of carbonyl (C=O) groups is 1. The minimum atomic E-state index is -0.522. The van der Waals surface area contributed by atoms with Gasteiger partial charge >= 0.3 is 5.97 Å². The predicted octanol–water partition coefficient (Wildman–Crippen LogP) is 10.9. The lowest BCUT2D eigenvalue weighted by Crippen LogP contribution is -2.27. The maximum absolute atomic E-state index is 12.1. The van der Waals surface area contributed by atoms with Gasteiger partial charge in [-0.3, -0.25) is 4.79 Å². The fourth-order valence-corrected chi connectivity index (χ4v) is 5.27. The van der Waals surface area contributed by atoms with Crippen molar-refractivity contribution < 1.29 is 19.4 Å². The summed E-state index contributed by atoms with van der Waals surface area (Å²) in [6, 6.07) is 0. The van der Waals surface area contributed by atoms with Crippen LogP contribution >= 0.6 is 0 Å². The Morgan fingerprint density at radius 2 is 0.846 bits per heavy atom. The van der Waals surface area contributed by atoms with Gasteiger partial charge in [0.25, 0.3) is 0 Å². The molecule has 0 spiro atoms. The fraction of sp³-hybridized carbons (Fsp3) is 0.971. The average Bonchev–Trinajstić information content (AvgIpc) is 2.94. The van der Waals surface area contributed by atoms with Crippen LogP contribution in [0.5, 0.6) is 0 Å². The highest BCUT2D eigenvalue weighted by Crippen LogP contribution is 2.14. The number of rotatable bonds is 33. The zero-order valence-corrected chi connectivity index (χ0v) is 26.7. The molecule has 4 nitrogen and oxygen atoms in total. The molecule has 0 aliphatic rings. The number of carbonyl (C=O) groups excluding carboxylic acids is 1. The third-order valence-corrected chi connectivity index (χ3v) is 7.93. The van der Waals surface area contributed by atoms with Crippen molar-refractivity contribution >= 4 is 5.97 Å². The largest absolute Gasteiger partial charge is 0.457 e. The quantitative estimate of drug-likeness (QED) is 0.0647. The van der Waals surface area contributed by atoms with Gasteiger partial charge in [-0.05, 0) is 12.8 Å². The lowest BCUT2D eigenvalue weighted by atomic mass is 10.0.